The summed E-state index contributed by atoms with van der Waals surface area (Å²) in [6.07, 6.45) is 0.791. The third-order valence-corrected chi connectivity index (χ3v) is 5.24. The first-order valence-corrected chi connectivity index (χ1v) is 9.96. The Kier molecular flexibility index (Phi) is 6.47. The van der Waals surface area contributed by atoms with Crippen LogP contribution in [0.25, 0.3) is 5.69 Å². The zero-order chi connectivity index (χ0) is 19.2. The number of rotatable bonds is 7. The summed E-state index contributed by atoms with van der Waals surface area (Å²) < 4.78 is 1.63. The van der Waals surface area contributed by atoms with Crippen molar-refractivity contribution in [2.24, 2.45) is 0 Å². The summed E-state index contributed by atoms with van der Waals surface area (Å²) in [5.74, 6) is 0.163. The Morgan fingerprint density at radius 3 is 2.56 bits per heavy atom. The second kappa shape index (κ2) is 9.01. The molecule has 1 aromatic heterocycles. The molecule has 1 atom stereocenters. The monoisotopic (exact) mass is 401 g/mol. The van der Waals surface area contributed by atoms with E-state index in [0.29, 0.717) is 10.2 Å². The van der Waals surface area contributed by atoms with Crippen molar-refractivity contribution in [2.75, 3.05) is 5.75 Å². The predicted molar refractivity (Wildman–Crippen MR) is 107 cm³/mol. The second-order valence-electron chi connectivity index (χ2n) is 6.08. The van der Waals surface area contributed by atoms with Crippen molar-refractivity contribution in [3.8, 4) is 5.69 Å². The molecule has 0 saturated heterocycles. The van der Waals surface area contributed by atoms with E-state index in [-0.39, 0.29) is 17.7 Å². The summed E-state index contributed by atoms with van der Waals surface area (Å²) in [5.41, 5.74) is 3.05. The molecule has 6 nitrogen and oxygen atoms in total. The highest BCUT2D eigenvalue weighted by Gasteiger charge is 2.15. The van der Waals surface area contributed by atoms with Gasteiger partial charge in [-0.1, -0.05) is 60.1 Å². The van der Waals surface area contributed by atoms with Gasteiger partial charge in [0.15, 0.2) is 0 Å². The molecule has 1 heterocycles. The van der Waals surface area contributed by atoms with Crippen LogP contribution in [0.2, 0.25) is 5.02 Å². The highest BCUT2D eigenvalue weighted by molar-refractivity contribution is 7.99. The maximum Gasteiger partial charge on any atom is 0.230 e. The van der Waals surface area contributed by atoms with Crippen LogP contribution in [0.3, 0.4) is 0 Å². The molecule has 8 heteroatoms. The number of carbonyl (C=O) groups is 1. The topological polar surface area (TPSA) is 72.7 Å². The van der Waals surface area contributed by atoms with Gasteiger partial charge >= 0.3 is 0 Å². The van der Waals surface area contributed by atoms with E-state index in [1.54, 1.807) is 4.68 Å². The van der Waals surface area contributed by atoms with Gasteiger partial charge in [0.2, 0.25) is 11.1 Å². The van der Waals surface area contributed by atoms with Crippen molar-refractivity contribution in [3.63, 3.8) is 0 Å². The first-order chi connectivity index (χ1) is 13.1. The van der Waals surface area contributed by atoms with Crippen LogP contribution in [-0.2, 0) is 4.79 Å². The van der Waals surface area contributed by atoms with Crippen LogP contribution in [0.15, 0.2) is 53.7 Å². The molecule has 1 N–H and O–H groups in total. The highest BCUT2D eigenvalue weighted by atomic mass is 35.5. The SMILES string of the molecule is CCC(NC(=O)CSc1nnnn1-c1ccc(C)cc1)c1ccc(Cl)cc1. The molecule has 0 aliphatic rings. The minimum Gasteiger partial charge on any atom is -0.349 e. The van der Waals surface area contributed by atoms with E-state index in [0.717, 1.165) is 23.2 Å². The molecule has 27 heavy (non-hydrogen) atoms. The third kappa shape index (κ3) is 5.08. The van der Waals surface area contributed by atoms with E-state index in [1.165, 1.54) is 11.8 Å². The van der Waals surface area contributed by atoms with Crippen molar-refractivity contribution in [1.29, 1.82) is 0 Å². The van der Waals surface area contributed by atoms with E-state index in [4.69, 9.17) is 11.6 Å². The standard InChI is InChI=1S/C19H20ClN5OS/c1-3-17(14-6-8-15(20)9-7-14)21-18(26)12-27-19-22-23-24-25(19)16-10-4-13(2)5-11-16/h4-11,17H,3,12H2,1-2H3,(H,21,26). The molecular formula is C19H20ClN5OS. The smallest absolute Gasteiger partial charge is 0.230 e. The van der Waals surface area contributed by atoms with Gasteiger partial charge in [-0.15, -0.1) is 5.10 Å². The lowest BCUT2D eigenvalue weighted by atomic mass is 10.0. The van der Waals surface area contributed by atoms with Crippen LogP contribution in [0, 0.1) is 6.92 Å². The van der Waals surface area contributed by atoms with E-state index in [1.807, 2.05) is 62.4 Å². The van der Waals surface area contributed by atoms with Gasteiger partial charge in [0, 0.05) is 5.02 Å². The van der Waals surface area contributed by atoms with Crippen molar-refractivity contribution >= 4 is 29.3 Å². The molecular weight excluding hydrogens is 382 g/mol. The number of hydrogen-bond donors (Lipinski definition) is 1. The first-order valence-electron chi connectivity index (χ1n) is 8.60. The quantitative estimate of drug-likeness (QED) is 0.606. The number of amides is 1. The number of benzene rings is 2. The molecule has 1 unspecified atom stereocenters. The van der Waals surface area contributed by atoms with Gasteiger partial charge in [-0.25, -0.2) is 0 Å². The van der Waals surface area contributed by atoms with Gasteiger partial charge in [-0.2, -0.15) is 4.68 Å². The lowest BCUT2D eigenvalue weighted by molar-refractivity contribution is -0.119. The fraction of sp³-hybridized carbons (Fsp3) is 0.263. The normalized spacial score (nSPS) is 12.0. The Morgan fingerprint density at radius 1 is 1.19 bits per heavy atom. The molecule has 0 aliphatic heterocycles. The number of aromatic nitrogens is 4. The summed E-state index contributed by atoms with van der Waals surface area (Å²) in [6, 6.07) is 15.4. The molecule has 0 radical (unpaired) electrons. The van der Waals surface area contributed by atoms with E-state index in [2.05, 4.69) is 20.8 Å². The first kappa shape index (κ1) is 19.4. The molecule has 140 valence electrons. The number of hydrogen-bond acceptors (Lipinski definition) is 5. The summed E-state index contributed by atoms with van der Waals surface area (Å²) in [4.78, 5) is 12.4. The van der Waals surface area contributed by atoms with Gasteiger partial charge in [0.25, 0.3) is 0 Å². The zero-order valence-electron chi connectivity index (χ0n) is 15.1. The Labute approximate surface area is 167 Å². The fourth-order valence-corrected chi connectivity index (χ4v) is 3.43. The van der Waals surface area contributed by atoms with Gasteiger partial charge in [-0.05, 0) is 53.6 Å². The van der Waals surface area contributed by atoms with Crippen LogP contribution >= 0.6 is 23.4 Å². The molecule has 0 fully saturated rings. The lowest BCUT2D eigenvalue weighted by Gasteiger charge is -2.17. The molecule has 0 spiro atoms. The minimum absolute atomic E-state index is 0.0524. The summed E-state index contributed by atoms with van der Waals surface area (Å²) in [6.45, 7) is 4.05. The Morgan fingerprint density at radius 2 is 1.89 bits per heavy atom. The average molecular weight is 402 g/mol. The summed E-state index contributed by atoms with van der Waals surface area (Å²) >= 11 is 7.24. The van der Waals surface area contributed by atoms with Gasteiger partial charge in [-0.3, -0.25) is 4.79 Å². The van der Waals surface area contributed by atoms with Gasteiger partial charge in [0.05, 0.1) is 17.5 Å². The molecule has 0 bridgehead atoms. The van der Waals surface area contributed by atoms with E-state index in [9.17, 15) is 4.79 Å². The average Bonchev–Trinajstić information content (AvgIpc) is 3.14. The number of thioether (sulfide) groups is 1. The second-order valence-corrected chi connectivity index (χ2v) is 7.46. The van der Waals surface area contributed by atoms with E-state index < -0.39 is 0 Å². The zero-order valence-corrected chi connectivity index (χ0v) is 16.7. The number of halogens is 1. The van der Waals surface area contributed by atoms with Gasteiger partial charge < -0.3 is 5.32 Å². The van der Waals surface area contributed by atoms with Crippen molar-refractivity contribution < 1.29 is 4.79 Å². The van der Waals surface area contributed by atoms with Crippen molar-refractivity contribution in [1.82, 2.24) is 25.5 Å². The lowest BCUT2D eigenvalue weighted by Crippen LogP contribution is -2.29. The van der Waals surface area contributed by atoms with Crippen molar-refractivity contribution in [3.05, 3.63) is 64.7 Å². The maximum atomic E-state index is 12.4. The molecule has 2 aromatic carbocycles. The number of nitrogens with zero attached hydrogens (tertiary/aromatic N) is 4. The van der Waals surface area contributed by atoms with Crippen LogP contribution in [0.1, 0.15) is 30.5 Å². The highest BCUT2D eigenvalue weighted by Crippen LogP contribution is 2.21. The summed E-state index contributed by atoms with van der Waals surface area (Å²) in [7, 11) is 0. The van der Waals surface area contributed by atoms with Crippen LogP contribution in [0.5, 0.6) is 0 Å². The molecule has 3 aromatic rings. The number of carbonyl (C=O) groups excluding carboxylic acids is 1. The molecule has 0 saturated carbocycles. The van der Waals surface area contributed by atoms with Gasteiger partial charge in [0.1, 0.15) is 0 Å². The molecule has 1 amide bonds. The Balaban J connectivity index is 1.62. The maximum absolute atomic E-state index is 12.4. The Bertz CT molecular complexity index is 895. The predicted octanol–water partition coefficient (Wildman–Crippen LogP) is 3.98. The summed E-state index contributed by atoms with van der Waals surface area (Å²) in [5, 5.41) is 16.1. The molecule has 3 rings (SSSR count). The van der Waals surface area contributed by atoms with Crippen LogP contribution < -0.4 is 5.32 Å². The Hall–Kier alpha value is -2.38. The fourth-order valence-electron chi connectivity index (χ4n) is 2.60. The molecule has 0 aliphatic carbocycles. The third-order valence-electron chi connectivity index (χ3n) is 4.07. The van der Waals surface area contributed by atoms with Crippen LogP contribution in [-0.4, -0.2) is 31.9 Å². The van der Waals surface area contributed by atoms with Crippen molar-refractivity contribution in [2.45, 2.75) is 31.5 Å². The van der Waals surface area contributed by atoms with E-state index >= 15 is 0 Å². The van der Waals surface area contributed by atoms with Crippen LogP contribution in [0.4, 0.5) is 0 Å². The number of aryl methyl sites for hydroxylation is 1. The largest absolute Gasteiger partial charge is 0.349 e. The minimum atomic E-state index is -0.0692. The number of nitrogens with one attached hydrogen (secondary N) is 1. The number of tetrazole rings is 1.